The molecule has 0 bridgehead atoms. The Labute approximate surface area is 48.6 Å². The van der Waals surface area contributed by atoms with Crippen LogP contribution in [0.2, 0.25) is 0 Å². The fourth-order valence-corrected chi connectivity index (χ4v) is 0.0745. The summed E-state index contributed by atoms with van der Waals surface area (Å²) < 4.78 is 0. The highest BCUT2D eigenvalue weighted by molar-refractivity contribution is 5.85. The number of aliphatic hydroxyl groups is 2. The highest BCUT2D eigenvalue weighted by Crippen LogP contribution is 1.69. The van der Waals surface area contributed by atoms with Crippen LogP contribution in [0.1, 0.15) is 0 Å². The van der Waals surface area contributed by atoms with Gasteiger partial charge >= 0.3 is 0 Å². The van der Waals surface area contributed by atoms with Crippen molar-refractivity contribution in [1.82, 2.24) is 0 Å². The fourth-order valence-electron chi connectivity index (χ4n) is 0.0745. The van der Waals surface area contributed by atoms with Gasteiger partial charge in [-0.3, -0.25) is 0 Å². The number of hydrogen-bond donors (Lipinski definition) is 3. The van der Waals surface area contributed by atoms with Crippen molar-refractivity contribution in [2.75, 3.05) is 13.2 Å². The maximum Gasteiger partial charge on any atom is 0.0892 e. The molecule has 0 aliphatic rings. The zero-order chi connectivity index (χ0) is 4.99. The molecule has 0 aromatic carbocycles. The van der Waals surface area contributed by atoms with E-state index in [0.29, 0.717) is 0 Å². The van der Waals surface area contributed by atoms with Crippen LogP contribution in [0.3, 0.4) is 0 Å². The molecular formula is C3H10ClNO2. The summed E-state index contributed by atoms with van der Waals surface area (Å²) in [4.78, 5) is 0. The van der Waals surface area contributed by atoms with Crippen LogP contribution in [0.4, 0.5) is 0 Å². The van der Waals surface area contributed by atoms with Gasteiger partial charge < -0.3 is 15.9 Å². The van der Waals surface area contributed by atoms with Gasteiger partial charge in [-0.15, -0.1) is 12.4 Å². The lowest BCUT2D eigenvalue weighted by Crippen LogP contribution is -2.22. The van der Waals surface area contributed by atoms with Gasteiger partial charge in [-0.2, -0.15) is 0 Å². The highest BCUT2D eigenvalue weighted by Gasteiger charge is 1.92. The summed E-state index contributed by atoms with van der Waals surface area (Å²) in [6.07, 6.45) is -0.731. The number of halogens is 1. The second-order valence-electron chi connectivity index (χ2n) is 1.07. The van der Waals surface area contributed by atoms with E-state index in [1.165, 1.54) is 0 Å². The van der Waals surface area contributed by atoms with E-state index in [4.69, 9.17) is 15.9 Å². The molecule has 1 atom stereocenters. The maximum absolute atomic E-state index is 8.29. The Morgan fingerprint density at radius 3 is 2.00 bits per heavy atom. The summed E-state index contributed by atoms with van der Waals surface area (Å²) >= 11 is 0. The Hall–Kier alpha value is 0.170. The van der Waals surface area contributed by atoms with E-state index in [1.54, 1.807) is 0 Å². The van der Waals surface area contributed by atoms with Crippen LogP contribution in [0, 0.1) is 0 Å². The first-order valence-corrected chi connectivity index (χ1v) is 1.80. The molecule has 0 unspecified atom stereocenters. The van der Waals surface area contributed by atoms with E-state index in [9.17, 15) is 0 Å². The van der Waals surface area contributed by atoms with Crippen LogP contribution in [0.15, 0.2) is 0 Å². The lowest BCUT2D eigenvalue weighted by atomic mass is 10.4. The minimum absolute atomic E-state index is 0. The molecule has 0 aromatic heterocycles. The van der Waals surface area contributed by atoms with Gasteiger partial charge in [0.25, 0.3) is 0 Å². The molecule has 4 N–H and O–H groups in total. The third kappa shape index (κ3) is 6.17. The second-order valence-corrected chi connectivity index (χ2v) is 1.07. The third-order valence-corrected chi connectivity index (χ3v) is 0.483. The van der Waals surface area contributed by atoms with Gasteiger partial charge in [0, 0.05) is 6.54 Å². The third-order valence-electron chi connectivity index (χ3n) is 0.483. The summed E-state index contributed by atoms with van der Waals surface area (Å²) in [6.45, 7) is -0.104. The van der Waals surface area contributed by atoms with E-state index >= 15 is 0 Å². The normalized spacial score (nSPS) is 12.4. The molecule has 0 amide bonds. The zero-order valence-electron chi connectivity index (χ0n) is 3.87. The zero-order valence-corrected chi connectivity index (χ0v) is 4.69. The summed E-state index contributed by atoms with van der Waals surface area (Å²) in [5.74, 6) is 0. The average molecular weight is 128 g/mol. The van der Waals surface area contributed by atoms with E-state index in [2.05, 4.69) is 0 Å². The first-order valence-electron chi connectivity index (χ1n) is 1.80. The molecular weight excluding hydrogens is 117 g/mol. The van der Waals surface area contributed by atoms with Crippen LogP contribution in [0.25, 0.3) is 0 Å². The quantitative estimate of drug-likeness (QED) is 0.433. The molecule has 0 heterocycles. The average Bonchev–Trinajstić information content (AvgIpc) is 1.65. The van der Waals surface area contributed by atoms with Crippen molar-refractivity contribution in [3.63, 3.8) is 0 Å². The van der Waals surface area contributed by atoms with Gasteiger partial charge in [-0.25, -0.2) is 0 Å². The fraction of sp³-hybridized carbons (Fsp3) is 1.00. The van der Waals surface area contributed by atoms with Crippen molar-refractivity contribution < 1.29 is 10.2 Å². The van der Waals surface area contributed by atoms with E-state index in [-0.39, 0.29) is 25.6 Å². The van der Waals surface area contributed by atoms with E-state index in [0.717, 1.165) is 0 Å². The van der Waals surface area contributed by atoms with Gasteiger partial charge in [-0.1, -0.05) is 0 Å². The predicted octanol–water partition coefficient (Wildman–Crippen LogP) is -1.28. The van der Waals surface area contributed by atoms with E-state index in [1.807, 2.05) is 0 Å². The number of aliphatic hydroxyl groups excluding tert-OH is 2. The first kappa shape index (κ1) is 10.2. The Kier molecular flexibility index (Phi) is 9.00. The standard InChI is InChI=1S/C3H9NO2.ClH/c4-1-3(6)2-5;/h3,5-6H,1-2,4H2;1H/t3-;/m0./s1. The molecule has 3 nitrogen and oxygen atoms in total. The summed E-state index contributed by atoms with van der Waals surface area (Å²) in [5, 5.41) is 16.3. The Bertz CT molecular complexity index is 32.1. The van der Waals surface area contributed by atoms with Gasteiger partial charge in [-0.05, 0) is 0 Å². The summed E-state index contributed by atoms with van der Waals surface area (Å²) in [5.41, 5.74) is 4.87. The summed E-state index contributed by atoms with van der Waals surface area (Å²) in [6, 6.07) is 0. The van der Waals surface area contributed by atoms with Gasteiger partial charge in [0.2, 0.25) is 0 Å². The van der Waals surface area contributed by atoms with Crippen LogP contribution in [-0.2, 0) is 0 Å². The number of nitrogens with two attached hydrogens (primary N) is 1. The van der Waals surface area contributed by atoms with E-state index < -0.39 is 6.10 Å². The second kappa shape index (κ2) is 6.17. The molecule has 0 radical (unpaired) electrons. The van der Waals surface area contributed by atoms with Crippen LogP contribution in [-0.4, -0.2) is 29.5 Å². The van der Waals surface area contributed by atoms with Gasteiger partial charge in [0.05, 0.1) is 12.7 Å². The number of rotatable bonds is 2. The Balaban J connectivity index is 0. The Morgan fingerprint density at radius 1 is 1.57 bits per heavy atom. The summed E-state index contributed by atoms with van der Waals surface area (Å²) in [7, 11) is 0. The van der Waals surface area contributed by atoms with Crippen molar-refractivity contribution in [2.24, 2.45) is 5.73 Å². The molecule has 0 aliphatic heterocycles. The minimum atomic E-state index is -0.731. The SMILES string of the molecule is Cl.NC[C@H](O)CO. The molecule has 0 aromatic rings. The molecule has 0 rings (SSSR count). The van der Waals surface area contributed by atoms with Gasteiger partial charge in [0.1, 0.15) is 0 Å². The molecule has 0 saturated carbocycles. The molecule has 0 saturated heterocycles. The first-order chi connectivity index (χ1) is 2.81. The Morgan fingerprint density at radius 2 is 2.00 bits per heavy atom. The topological polar surface area (TPSA) is 66.5 Å². The molecule has 0 aliphatic carbocycles. The smallest absolute Gasteiger partial charge is 0.0892 e. The minimum Gasteiger partial charge on any atom is -0.394 e. The molecule has 7 heavy (non-hydrogen) atoms. The van der Waals surface area contributed by atoms with Crippen LogP contribution >= 0.6 is 12.4 Å². The van der Waals surface area contributed by atoms with Crippen molar-refractivity contribution in [3.8, 4) is 0 Å². The number of hydrogen-bond acceptors (Lipinski definition) is 3. The molecule has 0 fully saturated rings. The molecule has 4 heteroatoms. The highest BCUT2D eigenvalue weighted by atomic mass is 35.5. The monoisotopic (exact) mass is 127 g/mol. The largest absolute Gasteiger partial charge is 0.394 e. The van der Waals surface area contributed by atoms with Crippen molar-refractivity contribution >= 4 is 12.4 Å². The van der Waals surface area contributed by atoms with Crippen molar-refractivity contribution in [3.05, 3.63) is 0 Å². The maximum atomic E-state index is 8.29. The van der Waals surface area contributed by atoms with Gasteiger partial charge in [0.15, 0.2) is 0 Å². The van der Waals surface area contributed by atoms with Crippen molar-refractivity contribution in [2.45, 2.75) is 6.10 Å². The van der Waals surface area contributed by atoms with Crippen LogP contribution < -0.4 is 5.73 Å². The lowest BCUT2D eigenvalue weighted by molar-refractivity contribution is 0.102. The predicted molar refractivity (Wildman–Crippen MR) is 29.4 cm³/mol. The molecule has 46 valence electrons. The van der Waals surface area contributed by atoms with Crippen LogP contribution in [0.5, 0.6) is 0 Å². The lowest BCUT2D eigenvalue weighted by Gasteiger charge is -1.97. The molecule has 0 spiro atoms. The van der Waals surface area contributed by atoms with Crippen molar-refractivity contribution in [1.29, 1.82) is 0 Å².